The minimum atomic E-state index is -1.02. The van der Waals surface area contributed by atoms with E-state index in [-0.39, 0.29) is 27.0 Å². The molecule has 3 nitrogen and oxygen atoms in total. The second-order valence-corrected chi connectivity index (χ2v) is 4.70. The van der Waals surface area contributed by atoms with Crippen molar-refractivity contribution in [2.75, 3.05) is 5.32 Å². The number of rotatable bonds is 2. The average molecular weight is 318 g/mol. The van der Waals surface area contributed by atoms with Crippen LogP contribution in [-0.4, -0.2) is 11.0 Å². The van der Waals surface area contributed by atoms with Crippen LogP contribution in [0.3, 0.4) is 0 Å². The van der Waals surface area contributed by atoms with Crippen LogP contribution >= 0.6 is 23.2 Å². The minimum absolute atomic E-state index is 0.155. The van der Waals surface area contributed by atoms with E-state index in [1.54, 1.807) is 0 Å². The van der Waals surface area contributed by atoms with Gasteiger partial charge < -0.3 is 10.4 Å². The first-order valence-corrected chi connectivity index (χ1v) is 6.08. The average Bonchev–Trinajstić information content (AvgIpc) is 2.36. The molecule has 20 heavy (non-hydrogen) atoms. The van der Waals surface area contributed by atoms with E-state index in [1.807, 2.05) is 0 Å². The molecule has 0 aliphatic carbocycles. The summed E-state index contributed by atoms with van der Waals surface area (Å²) in [6, 6.07) is 5.26. The molecule has 0 aliphatic heterocycles. The number of amides is 1. The van der Waals surface area contributed by atoms with Gasteiger partial charge in [-0.3, -0.25) is 4.79 Å². The molecule has 0 saturated carbocycles. The standard InChI is InChI=1S/C13H7Cl2F2NO2/c14-6-1-2-11(19)8(3-6)13(20)18-12-9(15)4-7(16)5-10(12)17/h1-5,19H,(H,18,20). The Labute approximate surface area is 122 Å². The van der Waals surface area contributed by atoms with E-state index in [9.17, 15) is 18.7 Å². The Bertz CT molecular complexity index is 669. The van der Waals surface area contributed by atoms with Crippen LogP contribution in [0.15, 0.2) is 30.3 Å². The molecule has 2 rings (SSSR count). The molecule has 104 valence electrons. The highest BCUT2D eigenvalue weighted by Crippen LogP contribution is 2.28. The summed E-state index contributed by atoms with van der Waals surface area (Å²) in [5.41, 5.74) is -0.533. The van der Waals surface area contributed by atoms with E-state index in [0.29, 0.717) is 6.07 Å². The minimum Gasteiger partial charge on any atom is -0.507 e. The third-order valence-electron chi connectivity index (χ3n) is 2.45. The van der Waals surface area contributed by atoms with Crippen molar-refractivity contribution < 1.29 is 18.7 Å². The van der Waals surface area contributed by atoms with Crippen molar-refractivity contribution in [2.45, 2.75) is 0 Å². The molecule has 0 aliphatic rings. The Kier molecular flexibility index (Phi) is 4.11. The van der Waals surface area contributed by atoms with Gasteiger partial charge in [0.1, 0.15) is 11.6 Å². The molecule has 0 bridgehead atoms. The van der Waals surface area contributed by atoms with Crippen molar-refractivity contribution in [1.82, 2.24) is 0 Å². The first-order valence-electron chi connectivity index (χ1n) is 5.33. The van der Waals surface area contributed by atoms with E-state index < -0.39 is 17.5 Å². The number of nitrogens with one attached hydrogen (secondary N) is 1. The maximum Gasteiger partial charge on any atom is 0.259 e. The van der Waals surface area contributed by atoms with Gasteiger partial charge >= 0.3 is 0 Å². The van der Waals surface area contributed by atoms with Crippen molar-refractivity contribution in [3.05, 3.63) is 57.6 Å². The molecule has 0 heterocycles. The lowest BCUT2D eigenvalue weighted by molar-refractivity contribution is 0.102. The maximum atomic E-state index is 13.5. The van der Waals surface area contributed by atoms with Crippen LogP contribution in [0.4, 0.5) is 14.5 Å². The predicted octanol–water partition coefficient (Wildman–Crippen LogP) is 4.23. The lowest BCUT2D eigenvalue weighted by Gasteiger charge is -2.10. The molecule has 0 unspecified atom stereocenters. The Morgan fingerprint density at radius 3 is 2.50 bits per heavy atom. The third-order valence-corrected chi connectivity index (χ3v) is 2.98. The van der Waals surface area contributed by atoms with E-state index in [2.05, 4.69) is 5.32 Å². The first kappa shape index (κ1) is 14.6. The number of aromatic hydroxyl groups is 1. The summed E-state index contributed by atoms with van der Waals surface area (Å²) >= 11 is 11.4. The second kappa shape index (κ2) is 5.64. The molecule has 7 heteroatoms. The predicted molar refractivity (Wildman–Crippen MR) is 72.4 cm³/mol. The number of hydrogen-bond acceptors (Lipinski definition) is 2. The van der Waals surface area contributed by atoms with Gasteiger partial charge in [0.15, 0.2) is 5.82 Å². The lowest BCUT2D eigenvalue weighted by atomic mass is 10.2. The number of benzene rings is 2. The van der Waals surface area contributed by atoms with Crippen molar-refractivity contribution >= 4 is 34.8 Å². The Hall–Kier alpha value is -1.85. The van der Waals surface area contributed by atoms with Gasteiger partial charge in [0.2, 0.25) is 0 Å². The van der Waals surface area contributed by atoms with E-state index in [0.717, 1.165) is 6.07 Å². The Morgan fingerprint density at radius 1 is 1.15 bits per heavy atom. The molecule has 0 atom stereocenters. The molecular formula is C13H7Cl2F2NO2. The highest BCUT2D eigenvalue weighted by molar-refractivity contribution is 6.34. The van der Waals surface area contributed by atoms with Crippen LogP contribution in [-0.2, 0) is 0 Å². The smallest absolute Gasteiger partial charge is 0.259 e. The number of anilines is 1. The normalized spacial score (nSPS) is 10.4. The SMILES string of the molecule is O=C(Nc1c(F)cc(F)cc1Cl)c1cc(Cl)ccc1O. The zero-order valence-corrected chi connectivity index (χ0v) is 11.3. The molecule has 2 aromatic rings. The van der Waals surface area contributed by atoms with E-state index in [1.165, 1.54) is 18.2 Å². The summed E-state index contributed by atoms with van der Waals surface area (Å²) in [6.45, 7) is 0. The summed E-state index contributed by atoms with van der Waals surface area (Å²) in [6.07, 6.45) is 0. The number of carbonyl (C=O) groups is 1. The molecular weight excluding hydrogens is 311 g/mol. The molecule has 2 N–H and O–H groups in total. The van der Waals surface area contributed by atoms with Gasteiger partial charge in [0.25, 0.3) is 5.91 Å². The number of phenolic OH excluding ortho intramolecular Hbond substituents is 1. The van der Waals surface area contributed by atoms with Gasteiger partial charge in [0.05, 0.1) is 16.3 Å². The van der Waals surface area contributed by atoms with Gasteiger partial charge in [-0.1, -0.05) is 23.2 Å². The fourth-order valence-corrected chi connectivity index (χ4v) is 1.95. The van der Waals surface area contributed by atoms with Gasteiger partial charge in [-0.2, -0.15) is 0 Å². The van der Waals surface area contributed by atoms with E-state index >= 15 is 0 Å². The van der Waals surface area contributed by atoms with Crippen LogP contribution in [0.2, 0.25) is 10.0 Å². The highest BCUT2D eigenvalue weighted by atomic mass is 35.5. The van der Waals surface area contributed by atoms with E-state index in [4.69, 9.17) is 23.2 Å². The molecule has 0 saturated heterocycles. The lowest BCUT2D eigenvalue weighted by Crippen LogP contribution is -2.14. The van der Waals surface area contributed by atoms with Crippen molar-refractivity contribution in [1.29, 1.82) is 0 Å². The first-order chi connectivity index (χ1) is 9.38. The Morgan fingerprint density at radius 2 is 1.85 bits per heavy atom. The van der Waals surface area contributed by atoms with Gasteiger partial charge in [0, 0.05) is 11.1 Å². The van der Waals surface area contributed by atoms with Crippen molar-refractivity contribution in [3.63, 3.8) is 0 Å². The quantitative estimate of drug-likeness (QED) is 0.870. The number of phenols is 1. The molecule has 0 spiro atoms. The zero-order valence-electron chi connectivity index (χ0n) is 9.75. The Balaban J connectivity index is 2.35. The summed E-state index contributed by atoms with van der Waals surface area (Å²) < 4.78 is 26.4. The topological polar surface area (TPSA) is 49.3 Å². The van der Waals surface area contributed by atoms with Crippen LogP contribution < -0.4 is 5.32 Å². The fourth-order valence-electron chi connectivity index (χ4n) is 1.53. The highest BCUT2D eigenvalue weighted by Gasteiger charge is 2.17. The largest absolute Gasteiger partial charge is 0.507 e. The monoisotopic (exact) mass is 317 g/mol. The second-order valence-electron chi connectivity index (χ2n) is 3.86. The molecule has 0 radical (unpaired) electrons. The molecule has 2 aromatic carbocycles. The molecule has 1 amide bonds. The third kappa shape index (κ3) is 3.00. The number of halogens is 4. The zero-order chi connectivity index (χ0) is 14.9. The number of hydrogen-bond donors (Lipinski definition) is 2. The van der Waals surface area contributed by atoms with Crippen molar-refractivity contribution in [2.24, 2.45) is 0 Å². The van der Waals surface area contributed by atoms with Gasteiger partial charge in [-0.15, -0.1) is 0 Å². The van der Waals surface area contributed by atoms with Gasteiger partial charge in [-0.05, 0) is 24.3 Å². The molecule has 0 aromatic heterocycles. The van der Waals surface area contributed by atoms with Crippen LogP contribution in [0.1, 0.15) is 10.4 Å². The number of carbonyl (C=O) groups excluding carboxylic acids is 1. The van der Waals surface area contributed by atoms with Crippen LogP contribution in [0, 0.1) is 11.6 Å². The summed E-state index contributed by atoms with van der Waals surface area (Å²) in [5, 5.41) is 11.6. The molecule has 0 fully saturated rings. The van der Waals surface area contributed by atoms with Crippen molar-refractivity contribution in [3.8, 4) is 5.75 Å². The summed E-state index contributed by atoms with van der Waals surface area (Å²) in [5.74, 6) is -3.04. The maximum absolute atomic E-state index is 13.5. The summed E-state index contributed by atoms with van der Waals surface area (Å²) in [7, 11) is 0. The summed E-state index contributed by atoms with van der Waals surface area (Å²) in [4.78, 5) is 11.9. The van der Waals surface area contributed by atoms with Gasteiger partial charge in [-0.25, -0.2) is 8.78 Å². The fraction of sp³-hybridized carbons (Fsp3) is 0. The van der Waals surface area contributed by atoms with Crippen LogP contribution in [0.5, 0.6) is 5.75 Å². The van der Waals surface area contributed by atoms with Crippen LogP contribution in [0.25, 0.3) is 0 Å².